The van der Waals surface area contributed by atoms with Crippen LogP contribution in [-0.2, 0) is 23.1 Å². The minimum atomic E-state index is -0.900. The minimum absolute atomic E-state index is 0.0190. The molecule has 1 aromatic carbocycles. The summed E-state index contributed by atoms with van der Waals surface area (Å²) in [6.07, 6.45) is 0.328. The number of hydrogen-bond acceptors (Lipinski definition) is 4. The number of benzene rings is 1. The Kier molecular flexibility index (Phi) is 5.02. The van der Waals surface area contributed by atoms with Gasteiger partial charge in [0.05, 0.1) is 17.5 Å². The first-order chi connectivity index (χ1) is 11.2. The molecule has 0 aliphatic heterocycles. The Morgan fingerprint density at radius 1 is 1.25 bits per heavy atom. The zero-order valence-corrected chi connectivity index (χ0v) is 14.0. The second-order valence-electron chi connectivity index (χ2n) is 6.42. The normalized spacial score (nSPS) is 11.5. The van der Waals surface area contributed by atoms with Crippen LogP contribution >= 0.6 is 0 Å². The van der Waals surface area contributed by atoms with Gasteiger partial charge in [0.2, 0.25) is 5.91 Å². The number of amides is 1. The van der Waals surface area contributed by atoms with Gasteiger partial charge in [0, 0.05) is 24.4 Å². The van der Waals surface area contributed by atoms with Crippen LogP contribution < -0.4 is 10.9 Å². The summed E-state index contributed by atoms with van der Waals surface area (Å²) in [6.45, 7) is 3.56. The quantitative estimate of drug-likeness (QED) is 0.829. The summed E-state index contributed by atoms with van der Waals surface area (Å²) in [6, 6.07) is 7.03. The molecule has 128 valence electrons. The van der Waals surface area contributed by atoms with Crippen molar-refractivity contribution in [2.75, 3.05) is 0 Å². The number of carbonyl (C=O) groups is 2. The van der Waals surface area contributed by atoms with Crippen molar-refractivity contribution in [2.45, 2.75) is 38.6 Å². The van der Waals surface area contributed by atoms with Gasteiger partial charge < -0.3 is 10.4 Å². The highest BCUT2D eigenvalue weighted by Crippen LogP contribution is 2.15. The van der Waals surface area contributed by atoms with E-state index >= 15 is 0 Å². The molecule has 24 heavy (non-hydrogen) atoms. The molecule has 0 fully saturated rings. The number of carbonyl (C=O) groups excluding carboxylic acids is 1. The maximum absolute atomic E-state index is 12.3. The van der Waals surface area contributed by atoms with E-state index in [9.17, 15) is 14.4 Å². The maximum Gasteiger partial charge on any atom is 0.303 e. The Hall–Kier alpha value is -2.70. The lowest BCUT2D eigenvalue weighted by Gasteiger charge is -2.25. The third-order valence-electron chi connectivity index (χ3n) is 3.80. The number of rotatable bonds is 6. The van der Waals surface area contributed by atoms with Gasteiger partial charge >= 0.3 is 5.97 Å². The fraction of sp³-hybridized carbons (Fsp3) is 0.412. The van der Waals surface area contributed by atoms with Crippen molar-refractivity contribution in [3.8, 4) is 0 Å². The van der Waals surface area contributed by atoms with Crippen LogP contribution in [0.15, 0.2) is 29.1 Å². The molecule has 7 nitrogen and oxygen atoms in total. The number of aromatic nitrogens is 2. The van der Waals surface area contributed by atoms with Gasteiger partial charge in [-0.15, -0.1) is 0 Å². The van der Waals surface area contributed by atoms with Gasteiger partial charge in [-0.1, -0.05) is 18.2 Å². The Labute approximate surface area is 139 Å². The molecule has 0 saturated heterocycles. The molecule has 0 aliphatic rings. The van der Waals surface area contributed by atoms with Crippen molar-refractivity contribution >= 4 is 22.6 Å². The average Bonchev–Trinajstić information content (AvgIpc) is 2.50. The first kappa shape index (κ1) is 17.7. The lowest BCUT2D eigenvalue weighted by atomic mass is 9.98. The molecule has 0 aliphatic carbocycles. The van der Waals surface area contributed by atoms with Gasteiger partial charge in [-0.2, -0.15) is 5.10 Å². The highest BCUT2D eigenvalue weighted by molar-refractivity contribution is 5.88. The van der Waals surface area contributed by atoms with Crippen molar-refractivity contribution < 1.29 is 14.7 Å². The number of fused-ring (bicyclic) bond motifs is 1. The first-order valence-electron chi connectivity index (χ1n) is 7.67. The molecule has 7 heteroatoms. The molecule has 1 aromatic heterocycles. The van der Waals surface area contributed by atoms with E-state index in [0.29, 0.717) is 22.9 Å². The van der Waals surface area contributed by atoms with Crippen LogP contribution in [0.4, 0.5) is 0 Å². The van der Waals surface area contributed by atoms with Crippen LogP contribution in [0.1, 0.15) is 32.4 Å². The van der Waals surface area contributed by atoms with Gasteiger partial charge in [-0.05, 0) is 26.3 Å². The second kappa shape index (κ2) is 6.82. The van der Waals surface area contributed by atoms with Gasteiger partial charge in [0.1, 0.15) is 0 Å². The van der Waals surface area contributed by atoms with E-state index in [0.717, 1.165) is 0 Å². The number of nitrogens with one attached hydrogen (secondary N) is 1. The topological polar surface area (TPSA) is 101 Å². The number of aryl methyl sites for hydroxylation is 1. The summed E-state index contributed by atoms with van der Waals surface area (Å²) in [5, 5.41) is 17.0. The van der Waals surface area contributed by atoms with Crippen molar-refractivity contribution in [3.63, 3.8) is 0 Å². The van der Waals surface area contributed by atoms with Crippen LogP contribution in [0.2, 0.25) is 0 Å². The fourth-order valence-corrected chi connectivity index (χ4v) is 2.56. The molecule has 2 N–H and O–H groups in total. The van der Waals surface area contributed by atoms with Crippen LogP contribution in [-0.4, -0.2) is 32.3 Å². The van der Waals surface area contributed by atoms with Gasteiger partial charge in [0.15, 0.2) is 0 Å². The Balaban J connectivity index is 2.21. The lowest BCUT2D eigenvalue weighted by molar-refractivity contribution is -0.137. The lowest BCUT2D eigenvalue weighted by Crippen LogP contribution is -2.44. The molecule has 1 amide bonds. The van der Waals surface area contributed by atoms with Crippen LogP contribution in [0.5, 0.6) is 0 Å². The van der Waals surface area contributed by atoms with E-state index in [1.807, 2.05) is 0 Å². The van der Waals surface area contributed by atoms with E-state index in [1.54, 1.807) is 45.2 Å². The summed E-state index contributed by atoms with van der Waals surface area (Å²) in [5.41, 5.74) is -0.331. The van der Waals surface area contributed by atoms with Crippen LogP contribution in [0.3, 0.4) is 0 Å². The van der Waals surface area contributed by atoms with Crippen LogP contribution in [0.25, 0.3) is 10.8 Å². The summed E-state index contributed by atoms with van der Waals surface area (Å²) >= 11 is 0. The van der Waals surface area contributed by atoms with E-state index in [-0.39, 0.29) is 24.3 Å². The van der Waals surface area contributed by atoms with E-state index in [1.165, 1.54) is 4.68 Å². The van der Waals surface area contributed by atoms with Crippen molar-refractivity contribution in [2.24, 2.45) is 7.05 Å². The molecular weight excluding hydrogens is 310 g/mol. The maximum atomic E-state index is 12.3. The molecule has 0 bridgehead atoms. The van der Waals surface area contributed by atoms with Crippen molar-refractivity contribution in [3.05, 3.63) is 40.3 Å². The van der Waals surface area contributed by atoms with E-state index in [4.69, 9.17) is 5.11 Å². The highest BCUT2D eigenvalue weighted by Gasteiger charge is 2.22. The highest BCUT2D eigenvalue weighted by atomic mass is 16.4. The summed E-state index contributed by atoms with van der Waals surface area (Å²) in [5.74, 6) is -1.16. The molecule has 0 spiro atoms. The average molecular weight is 331 g/mol. The summed E-state index contributed by atoms with van der Waals surface area (Å²) < 4.78 is 1.22. The van der Waals surface area contributed by atoms with Crippen molar-refractivity contribution in [1.82, 2.24) is 15.1 Å². The van der Waals surface area contributed by atoms with Gasteiger partial charge in [-0.3, -0.25) is 14.4 Å². The second-order valence-corrected chi connectivity index (χ2v) is 6.42. The number of hydrogen-bond donors (Lipinski definition) is 2. The minimum Gasteiger partial charge on any atom is -0.481 e. The monoisotopic (exact) mass is 331 g/mol. The molecule has 0 atom stereocenters. The molecular formula is C17H21N3O4. The Morgan fingerprint density at radius 2 is 1.88 bits per heavy atom. The van der Waals surface area contributed by atoms with Gasteiger partial charge in [0.25, 0.3) is 5.56 Å². The summed E-state index contributed by atoms with van der Waals surface area (Å²) in [7, 11) is 1.55. The van der Waals surface area contributed by atoms with Crippen LogP contribution in [0, 0.1) is 0 Å². The fourth-order valence-electron chi connectivity index (χ4n) is 2.56. The molecule has 2 rings (SSSR count). The summed E-state index contributed by atoms with van der Waals surface area (Å²) in [4.78, 5) is 35.1. The number of carboxylic acids is 1. The molecule has 0 unspecified atom stereocenters. The Morgan fingerprint density at radius 3 is 2.50 bits per heavy atom. The standard InChI is InChI=1S/C17H21N3O4/c1-17(2,9-8-15(22)23)18-14(21)10-13-11-6-4-5-7-12(11)16(24)20(3)19-13/h4-7H,8-10H2,1-3H3,(H,18,21)(H,22,23). The number of carboxylic acid groups (broad SMARTS) is 1. The Bertz CT molecular complexity index is 839. The zero-order chi connectivity index (χ0) is 17.9. The largest absolute Gasteiger partial charge is 0.481 e. The van der Waals surface area contributed by atoms with Gasteiger partial charge in [-0.25, -0.2) is 4.68 Å². The molecule has 0 saturated carbocycles. The third kappa shape index (κ3) is 4.18. The third-order valence-corrected chi connectivity index (χ3v) is 3.80. The smallest absolute Gasteiger partial charge is 0.303 e. The SMILES string of the molecule is Cn1nc(CC(=O)NC(C)(C)CCC(=O)O)c2ccccc2c1=O. The van der Waals surface area contributed by atoms with E-state index in [2.05, 4.69) is 10.4 Å². The number of aliphatic carboxylic acids is 1. The van der Waals surface area contributed by atoms with E-state index < -0.39 is 11.5 Å². The predicted octanol–water partition coefficient (Wildman–Crippen LogP) is 1.24. The number of nitrogens with zero attached hydrogens (tertiary/aromatic N) is 2. The first-order valence-corrected chi connectivity index (χ1v) is 7.67. The molecule has 2 aromatic rings. The van der Waals surface area contributed by atoms with Crippen molar-refractivity contribution in [1.29, 1.82) is 0 Å². The predicted molar refractivity (Wildman–Crippen MR) is 89.8 cm³/mol. The molecule has 1 heterocycles. The zero-order valence-electron chi connectivity index (χ0n) is 14.0. The molecule has 0 radical (unpaired) electrons.